The predicted octanol–water partition coefficient (Wildman–Crippen LogP) is 3.19. The van der Waals surface area contributed by atoms with Crippen LogP contribution in [0, 0.1) is 0 Å². The molecule has 3 aromatic rings. The van der Waals surface area contributed by atoms with Gasteiger partial charge in [-0.15, -0.1) is 0 Å². The van der Waals surface area contributed by atoms with Gasteiger partial charge in [0, 0.05) is 37.1 Å². The lowest BCUT2D eigenvalue weighted by atomic mass is 10.2. The highest BCUT2D eigenvalue weighted by molar-refractivity contribution is 6.29. The number of aromatic nitrogens is 3. The van der Waals surface area contributed by atoms with Gasteiger partial charge >= 0.3 is 0 Å². The predicted molar refractivity (Wildman–Crippen MR) is 88.6 cm³/mol. The van der Waals surface area contributed by atoms with Crippen molar-refractivity contribution in [1.82, 2.24) is 19.7 Å². The molecule has 3 rings (SSSR count). The Labute approximate surface area is 139 Å². The van der Waals surface area contributed by atoms with E-state index in [1.807, 2.05) is 36.5 Å². The molecule has 0 aliphatic rings. The summed E-state index contributed by atoms with van der Waals surface area (Å²) in [5.41, 5.74) is 2.45. The van der Waals surface area contributed by atoms with Crippen molar-refractivity contribution in [3.8, 4) is 5.69 Å². The third kappa shape index (κ3) is 3.57. The molecular formula is C17H15ClN4O. The largest absolute Gasteiger partial charge is 0.337 e. The minimum atomic E-state index is -0.109. The van der Waals surface area contributed by atoms with Crippen molar-refractivity contribution < 1.29 is 4.79 Å². The van der Waals surface area contributed by atoms with Crippen LogP contribution in [0.3, 0.4) is 0 Å². The van der Waals surface area contributed by atoms with E-state index in [1.165, 1.54) is 6.20 Å². The minimum Gasteiger partial charge on any atom is -0.337 e. The van der Waals surface area contributed by atoms with Crippen molar-refractivity contribution in [2.45, 2.75) is 6.54 Å². The Morgan fingerprint density at radius 1 is 1.26 bits per heavy atom. The second kappa shape index (κ2) is 6.62. The number of hydrogen-bond acceptors (Lipinski definition) is 3. The van der Waals surface area contributed by atoms with Crippen molar-refractivity contribution in [3.63, 3.8) is 0 Å². The highest BCUT2D eigenvalue weighted by Gasteiger charge is 2.13. The SMILES string of the molecule is CN(Cc1cnn(-c2ccccc2)c1)C(=O)c1ccnc(Cl)c1. The highest BCUT2D eigenvalue weighted by Crippen LogP contribution is 2.13. The molecule has 0 radical (unpaired) electrons. The zero-order chi connectivity index (χ0) is 16.2. The van der Waals surface area contributed by atoms with Gasteiger partial charge in [0.2, 0.25) is 0 Å². The van der Waals surface area contributed by atoms with E-state index >= 15 is 0 Å². The molecule has 0 unspecified atom stereocenters. The van der Waals surface area contributed by atoms with E-state index < -0.39 is 0 Å². The molecule has 0 saturated carbocycles. The smallest absolute Gasteiger partial charge is 0.254 e. The van der Waals surface area contributed by atoms with Crippen LogP contribution in [0.5, 0.6) is 0 Å². The van der Waals surface area contributed by atoms with E-state index in [9.17, 15) is 4.79 Å². The molecule has 23 heavy (non-hydrogen) atoms. The first-order chi connectivity index (χ1) is 11.1. The zero-order valence-electron chi connectivity index (χ0n) is 12.6. The van der Waals surface area contributed by atoms with Crippen LogP contribution in [-0.2, 0) is 6.54 Å². The molecule has 116 valence electrons. The molecule has 0 bridgehead atoms. The summed E-state index contributed by atoms with van der Waals surface area (Å²) in [5.74, 6) is -0.109. The number of carbonyl (C=O) groups is 1. The molecule has 0 N–H and O–H groups in total. The van der Waals surface area contributed by atoms with Gasteiger partial charge in [-0.25, -0.2) is 9.67 Å². The maximum Gasteiger partial charge on any atom is 0.254 e. The van der Waals surface area contributed by atoms with Crippen LogP contribution in [0.25, 0.3) is 5.69 Å². The van der Waals surface area contributed by atoms with E-state index in [-0.39, 0.29) is 5.91 Å². The fourth-order valence-corrected chi connectivity index (χ4v) is 2.44. The summed E-state index contributed by atoms with van der Waals surface area (Å²) in [7, 11) is 1.75. The average molecular weight is 327 g/mol. The standard InChI is InChI=1S/C17H15ClN4O/c1-21(17(23)14-7-8-19-16(18)9-14)11-13-10-20-22(12-13)15-5-3-2-4-6-15/h2-10,12H,11H2,1H3. The Bertz CT molecular complexity index is 816. The van der Waals surface area contributed by atoms with Gasteiger partial charge in [0.1, 0.15) is 5.15 Å². The second-order valence-electron chi connectivity index (χ2n) is 5.16. The van der Waals surface area contributed by atoms with Gasteiger partial charge in [-0.3, -0.25) is 4.79 Å². The van der Waals surface area contributed by atoms with Crippen LogP contribution < -0.4 is 0 Å². The van der Waals surface area contributed by atoms with Gasteiger partial charge in [0.15, 0.2) is 0 Å². The van der Waals surface area contributed by atoms with Crippen molar-refractivity contribution in [2.75, 3.05) is 7.05 Å². The number of halogens is 1. The van der Waals surface area contributed by atoms with E-state index in [2.05, 4.69) is 10.1 Å². The molecule has 2 heterocycles. The third-order valence-electron chi connectivity index (χ3n) is 3.40. The van der Waals surface area contributed by atoms with Crippen molar-refractivity contribution in [2.24, 2.45) is 0 Å². The fraction of sp³-hybridized carbons (Fsp3) is 0.118. The van der Waals surface area contributed by atoms with E-state index in [4.69, 9.17) is 11.6 Å². The van der Waals surface area contributed by atoms with Gasteiger partial charge in [-0.1, -0.05) is 29.8 Å². The normalized spacial score (nSPS) is 10.5. The van der Waals surface area contributed by atoms with Crippen LogP contribution in [0.1, 0.15) is 15.9 Å². The van der Waals surface area contributed by atoms with Crippen LogP contribution in [0.2, 0.25) is 5.15 Å². The Balaban J connectivity index is 1.72. The molecule has 0 spiro atoms. The number of nitrogens with zero attached hydrogens (tertiary/aromatic N) is 4. The quantitative estimate of drug-likeness (QED) is 0.692. The first kappa shape index (κ1) is 15.2. The van der Waals surface area contributed by atoms with E-state index in [1.54, 1.807) is 35.0 Å². The van der Waals surface area contributed by atoms with Crippen LogP contribution in [-0.4, -0.2) is 32.6 Å². The van der Waals surface area contributed by atoms with Gasteiger partial charge in [-0.05, 0) is 24.3 Å². The molecule has 0 aliphatic heterocycles. The lowest BCUT2D eigenvalue weighted by molar-refractivity contribution is 0.0785. The summed E-state index contributed by atoms with van der Waals surface area (Å²) < 4.78 is 1.79. The topological polar surface area (TPSA) is 51.0 Å². The summed E-state index contributed by atoms with van der Waals surface area (Å²) in [5, 5.41) is 4.64. The Morgan fingerprint density at radius 3 is 2.78 bits per heavy atom. The van der Waals surface area contributed by atoms with Crippen LogP contribution in [0.15, 0.2) is 61.1 Å². The molecule has 0 saturated heterocycles. The van der Waals surface area contributed by atoms with Crippen LogP contribution in [0.4, 0.5) is 0 Å². The molecule has 1 amide bonds. The van der Waals surface area contributed by atoms with Crippen molar-refractivity contribution in [3.05, 3.63) is 77.3 Å². The summed E-state index contributed by atoms with van der Waals surface area (Å²) in [6, 6.07) is 13.0. The summed E-state index contributed by atoms with van der Waals surface area (Å²) in [4.78, 5) is 17.9. The summed E-state index contributed by atoms with van der Waals surface area (Å²) in [6.45, 7) is 0.464. The summed E-state index contributed by atoms with van der Waals surface area (Å²) in [6.07, 6.45) is 5.20. The monoisotopic (exact) mass is 326 g/mol. The number of rotatable bonds is 4. The van der Waals surface area contributed by atoms with E-state index in [0.29, 0.717) is 17.3 Å². The maximum absolute atomic E-state index is 12.4. The number of amides is 1. The van der Waals surface area contributed by atoms with Gasteiger partial charge in [0.25, 0.3) is 5.91 Å². The molecule has 0 fully saturated rings. The van der Waals surface area contributed by atoms with Crippen molar-refractivity contribution >= 4 is 17.5 Å². The Kier molecular flexibility index (Phi) is 4.39. The molecule has 2 aromatic heterocycles. The first-order valence-electron chi connectivity index (χ1n) is 7.09. The minimum absolute atomic E-state index is 0.109. The number of para-hydroxylation sites is 1. The molecule has 0 atom stereocenters. The first-order valence-corrected chi connectivity index (χ1v) is 7.47. The van der Waals surface area contributed by atoms with Gasteiger partial charge in [-0.2, -0.15) is 5.10 Å². The van der Waals surface area contributed by atoms with Gasteiger partial charge < -0.3 is 4.90 Å². The molecular weight excluding hydrogens is 312 g/mol. The molecule has 0 aliphatic carbocycles. The molecule has 1 aromatic carbocycles. The second-order valence-corrected chi connectivity index (χ2v) is 5.54. The Hall–Kier alpha value is -2.66. The number of benzene rings is 1. The highest BCUT2D eigenvalue weighted by atomic mass is 35.5. The maximum atomic E-state index is 12.4. The van der Waals surface area contributed by atoms with Crippen LogP contribution >= 0.6 is 11.6 Å². The van der Waals surface area contributed by atoms with E-state index in [0.717, 1.165) is 11.3 Å². The van der Waals surface area contributed by atoms with Crippen molar-refractivity contribution in [1.29, 1.82) is 0 Å². The average Bonchev–Trinajstić information content (AvgIpc) is 3.03. The zero-order valence-corrected chi connectivity index (χ0v) is 13.3. The molecule has 5 nitrogen and oxygen atoms in total. The number of pyridine rings is 1. The van der Waals surface area contributed by atoms with Gasteiger partial charge in [0.05, 0.1) is 11.9 Å². The lowest BCUT2D eigenvalue weighted by Crippen LogP contribution is -2.26. The lowest BCUT2D eigenvalue weighted by Gasteiger charge is -2.16. The fourth-order valence-electron chi connectivity index (χ4n) is 2.27. The molecule has 6 heteroatoms. The Morgan fingerprint density at radius 2 is 2.04 bits per heavy atom. The summed E-state index contributed by atoms with van der Waals surface area (Å²) >= 11 is 5.83. The number of carbonyl (C=O) groups excluding carboxylic acids is 1. The third-order valence-corrected chi connectivity index (χ3v) is 3.60. The number of hydrogen-bond donors (Lipinski definition) is 0.